The van der Waals surface area contributed by atoms with E-state index < -0.39 is 12.2 Å². The summed E-state index contributed by atoms with van der Waals surface area (Å²) in [6.07, 6.45) is 6.46. The molecule has 4 N–H and O–H groups in total. The van der Waals surface area contributed by atoms with Gasteiger partial charge in [-0.15, -0.1) is 0 Å². The van der Waals surface area contributed by atoms with Crippen LogP contribution in [-0.4, -0.2) is 80.6 Å². The minimum atomic E-state index is -0.782. The zero-order valence-electron chi connectivity index (χ0n) is 16.4. The first kappa shape index (κ1) is 18.3. The topological polar surface area (TPSA) is 98.5 Å². The second kappa shape index (κ2) is 6.95. The van der Waals surface area contributed by atoms with Gasteiger partial charge in [-0.1, -0.05) is 0 Å². The largest absolute Gasteiger partial charge is 0.390 e. The van der Waals surface area contributed by atoms with Crippen LogP contribution in [0, 0.1) is 5.92 Å². The first-order chi connectivity index (χ1) is 13.6. The normalized spacial score (nSPS) is 36.1. The Bertz CT molecular complexity index is 848. The van der Waals surface area contributed by atoms with Gasteiger partial charge in [-0.2, -0.15) is 0 Å². The molecule has 1 unspecified atom stereocenters. The molecule has 3 aliphatic rings. The molecule has 0 radical (unpaired) electrons. The first-order valence-corrected chi connectivity index (χ1v) is 10.4. The van der Waals surface area contributed by atoms with Crippen LogP contribution >= 0.6 is 0 Å². The van der Waals surface area contributed by atoms with Crippen LogP contribution in [0.3, 0.4) is 0 Å². The van der Waals surface area contributed by atoms with Crippen molar-refractivity contribution in [2.24, 2.45) is 5.92 Å². The molecule has 5 rings (SSSR count). The third-order valence-electron chi connectivity index (χ3n) is 7.30. The fourth-order valence-corrected chi connectivity index (χ4v) is 5.58. The lowest BCUT2D eigenvalue weighted by Gasteiger charge is -2.56. The van der Waals surface area contributed by atoms with Crippen molar-refractivity contribution in [1.82, 2.24) is 24.8 Å². The molecule has 5 atom stereocenters. The van der Waals surface area contributed by atoms with Gasteiger partial charge >= 0.3 is 0 Å². The Hall–Kier alpha value is -1.74. The molecular formula is C20H30N6O2. The van der Waals surface area contributed by atoms with Crippen LogP contribution in [0.25, 0.3) is 11.0 Å². The minimum Gasteiger partial charge on any atom is -0.390 e. The van der Waals surface area contributed by atoms with Crippen molar-refractivity contribution < 1.29 is 10.2 Å². The number of fused-ring (bicyclic) bond motifs is 1. The summed E-state index contributed by atoms with van der Waals surface area (Å²) in [5, 5.41) is 29.2. The van der Waals surface area contributed by atoms with Crippen LogP contribution in [0.5, 0.6) is 0 Å². The molecule has 3 fully saturated rings. The van der Waals surface area contributed by atoms with E-state index in [0.29, 0.717) is 0 Å². The van der Waals surface area contributed by atoms with Gasteiger partial charge in [0.1, 0.15) is 23.9 Å². The smallest absolute Gasteiger partial charge is 0.145 e. The van der Waals surface area contributed by atoms with Crippen molar-refractivity contribution in [2.45, 2.75) is 49.5 Å². The van der Waals surface area contributed by atoms with Crippen molar-refractivity contribution in [1.29, 1.82) is 0 Å². The Balaban J connectivity index is 1.36. The molecule has 0 aromatic carbocycles. The van der Waals surface area contributed by atoms with E-state index in [-0.39, 0.29) is 17.5 Å². The van der Waals surface area contributed by atoms with E-state index in [4.69, 9.17) is 0 Å². The highest BCUT2D eigenvalue weighted by Gasteiger charge is 2.49. The summed E-state index contributed by atoms with van der Waals surface area (Å²) in [4.78, 5) is 11.2. The predicted octanol–water partition coefficient (Wildman–Crippen LogP) is 0.584. The summed E-state index contributed by atoms with van der Waals surface area (Å²) >= 11 is 0. The van der Waals surface area contributed by atoms with Gasteiger partial charge in [0.15, 0.2) is 0 Å². The maximum absolute atomic E-state index is 10.8. The van der Waals surface area contributed by atoms with E-state index in [1.807, 2.05) is 23.9 Å². The standard InChI is InChI=1S/C20H30N6O2/c1-21-18-14-3-7-26(19(14)24-12-23-18)15-9-13(16(27)17(15)28)10-25-8-5-20(25)4-2-6-22-11-20/h3,7,12-13,15-17,22,27-28H,2,4-6,8-11H2,1H3,(H,21,23,24)/t13-,15-,16-,17+,20?/m1/s1. The van der Waals surface area contributed by atoms with E-state index in [2.05, 4.69) is 25.5 Å². The Kier molecular flexibility index (Phi) is 4.54. The molecule has 28 heavy (non-hydrogen) atoms. The molecule has 1 saturated carbocycles. The monoisotopic (exact) mass is 386 g/mol. The number of aliphatic hydroxyl groups is 2. The summed E-state index contributed by atoms with van der Waals surface area (Å²) in [5.41, 5.74) is 1.07. The van der Waals surface area contributed by atoms with Crippen molar-refractivity contribution in [3.05, 3.63) is 18.6 Å². The molecule has 2 aromatic rings. The maximum Gasteiger partial charge on any atom is 0.145 e. The summed E-state index contributed by atoms with van der Waals surface area (Å²) in [7, 11) is 1.84. The molecule has 1 aliphatic carbocycles. The molecule has 0 bridgehead atoms. The number of likely N-dealkylation sites (tertiary alicyclic amines) is 1. The number of hydrogen-bond donors (Lipinski definition) is 4. The number of aliphatic hydroxyl groups excluding tert-OH is 2. The average Bonchev–Trinajstić information content (AvgIpc) is 3.27. The van der Waals surface area contributed by atoms with Gasteiger partial charge in [0.25, 0.3) is 0 Å². The quantitative estimate of drug-likeness (QED) is 0.610. The Morgan fingerprint density at radius 2 is 2.18 bits per heavy atom. The van der Waals surface area contributed by atoms with E-state index in [1.54, 1.807) is 6.33 Å². The van der Waals surface area contributed by atoms with Gasteiger partial charge in [0, 0.05) is 44.3 Å². The third-order valence-corrected chi connectivity index (χ3v) is 7.30. The Labute approximate surface area is 165 Å². The fraction of sp³-hybridized carbons (Fsp3) is 0.700. The number of piperidine rings is 1. The van der Waals surface area contributed by atoms with Crippen LogP contribution in [-0.2, 0) is 0 Å². The summed E-state index contributed by atoms with van der Waals surface area (Å²) < 4.78 is 2.01. The average molecular weight is 387 g/mol. The number of anilines is 1. The van der Waals surface area contributed by atoms with Crippen molar-refractivity contribution >= 4 is 16.9 Å². The van der Waals surface area contributed by atoms with Crippen molar-refractivity contribution in [3.63, 3.8) is 0 Å². The Morgan fingerprint density at radius 1 is 1.29 bits per heavy atom. The molecule has 2 aliphatic heterocycles. The molecular weight excluding hydrogens is 356 g/mol. The zero-order chi connectivity index (χ0) is 19.3. The predicted molar refractivity (Wildman–Crippen MR) is 107 cm³/mol. The fourth-order valence-electron chi connectivity index (χ4n) is 5.58. The molecule has 8 heteroatoms. The van der Waals surface area contributed by atoms with Crippen molar-refractivity contribution in [2.75, 3.05) is 38.5 Å². The van der Waals surface area contributed by atoms with E-state index in [0.717, 1.165) is 49.5 Å². The summed E-state index contributed by atoms with van der Waals surface area (Å²) in [5.74, 6) is 0.850. The Morgan fingerprint density at radius 3 is 2.89 bits per heavy atom. The van der Waals surface area contributed by atoms with Gasteiger partial charge in [-0.3, -0.25) is 4.90 Å². The van der Waals surface area contributed by atoms with Crippen molar-refractivity contribution in [3.8, 4) is 0 Å². The number of hydrogen-bond acceptors (Lipinski definition) is 7. The SMILES string of the molecule is CNc1ncnc2c1ccn2[C@@H]1C[C@H](CN2CCC23CCCNC3)[C@@H](O)[C@H]1O. The van der Waals surface area contributed by atoms with Crippen LogP contribution in [0.2, 0.25) is 0 Å². The minimum absolute atomic E-state index is 0.0714. The van der Waals surface area contributed by atoms with E-state index >= 15 is 0 Å². The highest BCUT2D eigenvalue weighted by molar-refractivity contribution is 5.87. The second-order valence-corrected chi connectivity index (χ2v) is 8.68. The lowest BCUT2D eigenvalue weighted by Crippen LogP contribution is -2.67. The van der Waals surface area contributed by atoms with Gasteiger partial charge in [0.05, 0.1) is 17.5 Å². The van der Waals surface area contributed by atoms with Crippen LogP contribution < -0.4 is 10.6 Å². The van der Waals surface area contributed by atoms with E-state index in [1.165, 1.54) is 19.3 Å². The van der Waals surface area contributed by atoms with Crippen LogP contribution in [0.15, 0.2) is 18.6 Å². The number of rotatable bonds is 4. The van der Waals surface area contributed by atoms with E-state index in [9.17, 15) is 10.2 Å². The number of nitrogens with one attached hydrogen (secondary N) is 2. The highest BCUT2D eigenvalue weighted by Crippen LogP contribution is 2.42. The summed E-state index contributed by atoms with van der Waals surface area (Å²) in [6.45, 7) is 4.11. The molecule has 0 amide bonds. The van der Waals surface area contributed by atoms with Gasteiger partial charge < -0.3 is 25.4 Å². The second-order valence-electron chi connectivity index (χ2n) is 8.68. The first-order valence-electron chi connectivity index (χ1n) is 10.4. The summed E-state index contributed by atoms with van der Waals surface area (Å²) in [6, 6.07) is 1.81. The molecule has 4 heterocycles. The number of nitrogens with zero attached hydrogens (tertiary/aromatic N) is 4. The number of aromatic nitrogens is 3. The lowest BCUT2D eigenvalue weighted by molar-refractivity contribution is -0.0616. The highest BCUT2D eigenvalue weighted by atomic mass is 16.3. The third kappa shape index (κ3) is 2.74. The van der Waals surface area contributed by atoms with Gasteiger partial charge in [0.2, 0.25) is 0 Å². The molecule has 8 nitrogen and oxygen atoms in total. The maximum atomic E-state index is 10.8. The molecule has 2 aromatic heterocycles. The lowest BCUT2D eigenvalue weighted by atomic mass is 9.77. The zero-order valence-corrected chi connectivity index (χ0v) is 16.4. The molecule has 2 saturated heterocycles. The van der Waals surface area contributed by atoms with Gasteiger partial charge in [-0.25, -0.2) is 9.97 Å². The van der Waals surface area contributed by atoms with Crippen LogP contribution in [0.1, 0.15) is 31.7 Å². The van der Waals surface area contributed by atoms with Gasteiger partial charge in [-0.05, 0) is 38.3 Å². The molecule has 1 spiro atoms. The van der Waals surface area contributed by atoms with Crippen LogP contribution in [0.4, 0.5) is 5.82 Å². The molecule has 152 valence electrons.